The van der Waals surface area contributed by atoms with Crippen molar-refractivity contribution < 1.29 is 9.59 Å². The van der Waals surface area contributed by atoms with Gasteiger partial charge in [-0.05, 0) is 0 Å². The number of H-pyrrole nitrogens is 1. The highest BCUT2D eigenvalue weighted by Gasteiger charge is 2.26. The molecule has 0 aromatic carbocycles. The molecule has 3 heterocycles. The average molecular weight is 233 g/mol. The van der Waals surface area contributed by atoms with Gasteiger partial charge in [0.1, 0.15) is 5.69 Å². The van der Waals surface area contributed by atoms with E-state index in [-0.39, 0.29) is 11.5 Å². The van der Waals surface area contributed by atoms with Crippen molar-refractivity contribution in [2.45, 2.75) is 6.54 Å². The highest BCUT2D eigenvalue weighted by atomic mass is 16.2. The molecular weight excluding hydrogens is 226 g/mol. The van der Waals surface area contributed by atoms with Gasteiger partial charge in [0.15, 0.2) is 11.5 Å². The van der Waals surface area contributed by atoms with E-state index in [1.54, 1.807) is 0 Å². The van der Waals surface area contributed by atoms with Gasteiger partial charge in [-0.2, -0.15) is 5.10 Å². The SMILES string of the molecule is NC(=O)c1nnn2c1NC(=O)c1[nH]ncc1C2. The molecule has 1 aliphatic heterocycles. The number of anilines is 1. The number of hydrogen-bond acceptors (Lipinski definition) is 5. The van der Waals surface area contributed by atoms with Crippen LogP contribution >= 0.6 is 0 Å². The normalized spacial score (nSPS) is 13.5. The molecule has 0 fully saturated rings. The van der Waals surface area contributed by atoms with Gasteiger partial charge in [0.25, 0.3) is 11.8 Å². The van der Waals surface area contributed by atoms with Crippen molar-refractivity contribution in [2.75, 3.05) is 5.32 Å². The largest absolute Gasteiger partial charge is 0.364 e. The number of hydrogen-bond donors (Lipinski definition) is 3. The Balaban J connectivity index is 2.15. The number of carbonyl (C=O) groups is 2. The molecule has 0 atom stereocenters. The van der Waals surface area contributed by atoms with Crippen molar-refractivity contribution >= 4 is 17.6 Å². The van der Waals surface area contributed by atoms with Crippen LogP contribution in [0.15, 0.2) is 6.20 Å². The molecule has 0 radical (unpaired) electrons. The van der Waals surface area contributed by atoms with E-state index in [0.29, 0.717) is 17.8 Å². The summed E-state index contributed by atoms with van der Waals surface area (Å²) in [6.07, 6.45) is 1.52. The van der Waals surface area contributed by atoms with Crippen LogP contribution in [0.1, 0.15) is 26.5 Å². The minimum atomic E-state index is -0.741. The molecule has 0 saturated carbocycles. The zero-order chi connectivity index (χ0) is 12.0. The van der Waals surface area contributed by atoms with Crippen LogP contribution in [0.2, 0.25) is 0 Å². The van der Waals surface area contributed by atoms with E-state index in [0.717, 1.165) is 0 Å². The standard InChI is InChI=1S/C8H7N7O2/c9-6(16)5-7-11-8(17)4-3(1-10-12-4)2-15(7)14-13-5/h1H,2H2,(H2,9,16)(H,10,12)(H,11,17). The van der Waals surface area contributed by atoms with Gasteiger partial charge in [0.05, 0.1) is 12.7 Å². The summed E-state index contributed by atoms with van der Waals surface area (Å²) < 4.78 is 1.39. The summed E-state index contributed by atoms with van der Waals surface area (Å²) in [5.74, 6) is -0.941. The number of nitrogens with one attached hydrogen (secondary N) is 2. The quantitative estimate of drug-likeness (QED) is 0.564. The molecule has 2 amide bonds. The lowest BCUT2D eigenvalue weighted by Crippen LogP contribution is -2.18. The molecule has 0 spiro atoms. The molecule has 17 heavy (non-hydrogen) atoms. The maximum Gasteiger partial charge on any atom is 0.275 e. The Hall–Kier alpha value is -2.71. The minimum absolute atomic E-state index is 0.0588. The van der Waals surface area contributed by atoms with Crippen molar-refractivity contribution in [1.29, 1.82) is 0 Å². The van der Waals surface area contributed by atoms with E-state index < -0.39 is 11.8 Å². The van der Waals surface area contributed by atoms with Crippen LogP contribution in [-0.4, -0.2) is 37.0 Å². The Kier molecular flexibility index (Phi) is 1.76. The van der Waals surface area contributed by atoms with Gasteiger partial charge in [0.2, 0.25) is 0 Å². The third-order valence-corrected chi connectivity index (χ3v) is 2.47. The first-order valence-electron chi connectivity index (χ1n) is 4.73. The Labute approximate surface area is 94.0 Å². The third kappa shape index (κ3) is 1.29. The number of aromatic nitrogens is 5. The fraction of sp³-hybridized carbons (Fsp3) is 0.125. The minimum Gasteiger partial charge on any atom is -0.364 e. The zero-order valence-electron chi connectivity index (χ0n) is 8.47. The molecule has 86 valence electrons. The maximum atomic E-state index is 11.8. The monoisotopic (exact) mass is 233 g/mol. The van der Waals surface area contributed by atoms with Crippen LogP contribution in [0.4, 0.5) is 5.82 Å². The summed E-state index contributed by atoms with van der Waals surface area (Å²) in [5.41, 5.74) is 6.08. The Morgan fingerprint density at radius 1 is 1.53 bits per heavy atom. The van der Waals surface area contributed by atoms with Crippen LogP contribution in [0.5, 0.6) is 0 Å². The third-order valence-electron chi connectivity index (χ3n) is 2.47. The van der Waals surface area contributed by atoms with Crippen molar-refractivity contribution in [1.82, 2.24) is 25.2 Å². The predicted molar refractivity (Wildman–Crippen MR) is 54.2 cm³/mol. The Bertz CT molecular complexity index is 626. The van der Waals surface area contributed by atoms with Gasteiger partial charge >= 0.3 is 0 Å². The predicted octanol–water partition coefficient (Wildman–Crippen LogP) is -1.29. The first kappa shape index (κ1) is 9.51. The Morgan fingerprint density at radius 2 is 2.35 bits per heavy atom. The number of rotatable bonds is 1. The fourth-order valence-electron chi connectivity index (χ4n) is 1.67. The number of amides is 2. The first-order valence-corrected chi connectivity index (χ1v) is 4.73. The van der Waals surface area contributed by atoms with Crippen LogP contribution in [0, 0.1) is 0 Å². The zero-order valence-corrected chi connectivity index (χ0v) is 8.47. The molecule has 9 heteroatoms. The van der Waals surface area contributed by atoms with Crippen molar-refractivity contribution in [2.24, 2.45) is 5.73 Å². The van der Waals surface area contributed by atoms with E-state index in [4.69, 9.17) is 5.73 Å². The molecule has 0 aliphatic carbocycles. The molecule has 2 aromatic rings. The van der Waals surface area contributed by atoms with Gasteiger partial charge in [-0.3, -0.25) is 14.7 Å². The van der Waals surface area contributed by atoms with Crippen LogP contribution in [0.25, 0.3) is 0 Å². The second-order valence-corrected chi connectivity index (χ2v) is 3.53. The lowest BCUT2D eigenvalue weighted by Gasteiger charge is -2.01. The van der Waals surface area contributed by atoms with Crippen LogP contribution in [-0.2, 0) is 6.54 Å². The molecule has 2 aromatic heterocycles. The second kappa shape index (κ2) is 3.14. The summed E-state index contributed by atoms with van der Waals surface area (Å²) in [6.45, 7) is 0.292. The van der Waals surface area contributed by atoms with Gasteiger partial charge in [-0.25, -0.2) is 4.68 Å². The molecule has 9 nitrogen and oxygen atoms in total. The summed E-state index contributed by atoms with van der Waals surface area (Å²) in [4.78, 5) is 22.9. The number of carbonyl (C=O) groups excluding carboxylic acids is 2. The highest BCUT2D eigenvalue weighted by molar-refractivity contribution is 6.07. The molecule has 3 rings (SSSR count). The van der Waals surface area contributed by atoms with Crippen LogP contribution in [0.3, 0.4) is 0 Å². The molecule has 0 saturated heterocycles. The van der Waals surface area contributed by atoms with Crippen molar-refractivity contribution in [3.8, 4) is 0 Å². The maximum absolute atomic E-state index is 11.8. The van der Waals surface area contributed by atoms with Gasteiger partial charge < -0.3 is 11.1 Å². The molecular formula is C8H7N7O2. The average Bonchev–Trinajstić information content (AvgIpc) is 2.85. The van der Waals surface area contributed by atoms with Crippen molar-refractivity contribution in [3.05, 3.63) is 23.1 Å². The highest BCUT2D eigenvalue weighted by Crippen LogP contribution is 2.20. The first-order chi connectivity index (χ1) is 8.16. The summed E-state index contributed by atoms with van der Waals surface area (Å²) in [7, 11) is 0. The summed E-state index contributed by atoms with van der Waals surface area (Å²) >= 11 is 0. The smallest absolute Gasteiger partial charge is 0.275 e. The van der Waals surface area contributed by atoms with E-state index in [2.05, 4.69) is 25.8 Å². The van der Waals surface area contributed by atoms with E-state index in [1.165, 1.54) is 10.9 Å². The molecule has 4 N–H and O–H groups in total. The van der Waals surface area contributed by atoms with Gasteiger partial charge in [0, 0.05) is 5.56 Å². The van der Waals surface area contributed by atoms with Gasteiger partial charge in [-0.1, -0.05) is 5.21 Å². The summed E-state index contributed by atoms with van der Waals surface area (Å²) in [5, 5.41) is 16.3. The lowest BCUT2D eigenvalue weighted by molar-refractivity contribution is 0.0996. The lowest BCUT2D eigenvalue weighted by atomic mass is 10.2. The van der Waals surface area contributed by atoms with E-state index in [1.807, 2.05) is 0 Å². The number of nitrogens with zero attached hydrogens (tertiary/aromatic N) is 4. The van der Waals surface area contributed by atoms with Crippen molar-refractivity contribution in [3.63, 3.8) is 0 Å². The summed E-state index contributed by atoms with van der Waals surface area (Å²) in [6, 6.07) is 0. The fourth-order valence-corrected chi connectivity index (χ4v) is 1.67. The second-order valence-electron chi connectivity index (χ2n) is 3.53. The molecule has 0 unspecified atom stereocenters. The molecule has 0 bridgehead atoms. The molecule has 1 aliphatic rings. The van der Waals surface area contributed by atoms with Crippen LogP contribution < -0.4 is 11.1 Å². The number of primary amides is 1. The topological polar surface area (TPSA) is 132 Å². The number of aromatic amines is 1. The number of nitrogens with two attached hydrogens (primary N) is 1. The van der Waals surface area contributed by atoms with E-state index in [9.17, 15) is 9.59 Å². The van der Waals surface area contributed by atoms with Gasteiger partial charge in [-0.15, -0.1) is 5.10 Å². The number of fused-ring (bicyclic) bond motifs is 2. The van der Waals surface area contributed by atoms with E-state index >= 15 is 0 Å². The Morgan fingerprint density at radius 3 is 3.12 bits per heavy atom.